The van der Waals surface area contributed by atoms with Crippen molar-refractivity contribution in [1.29, 1.82) is 0 Å². The van der Waals surface area contributed by atoms with Crippen LogP contribution in [0.5, 0.6) is 0 Å². The summed E-state index contributed by atoms with van der Waals surface area (Å²) >= 11 is 0. The minimum atomic E-state index is 0.817. The van der Waals surface area contributed by atoms with Gasteiger partial charge in [0.1, 0.15) is 0 Å². The van der Waals surface area contributed by atoms with Gasteiger partial charge in [-0.3, -0.25) is 0 Å². The maximum atomic E-state index is 2.59. The van der Waals surface area contributed by atoms with E-state index in [-0.39, 0.29) is 0 Å². The maximum absolute atomic E-state index is 2.59. The fraction of sp³-hybridized carbons (Fsp3) is 1.00. The molecule has 1 fully saturated rings. The highest BCUT2D eigenvalue weighted by atomic mass is 15.3. The largest absolute Gasteiger partial charge is 0.301 e. The number of hydrogen-bond donors (Lipinski definition) is 0. The average Bonchev–Trinajstić information content (AvgIpc) is 2.24. The Labute approximate surface area is 96.6 Å². The van der Waals surface area contributed by atoms with Crippen molar-refractivity contribution in [2.75, 3.05) is 39.3 Å². The van der Waals surface area contributed by atoms with Gasteiger partial charge in [0.2, 0.25) is 0 Å². The molecule has 2 nitrogen and oxygen atoms in total. The van der Waals surface area contributed by atoms with E-state index in [0.717, 1.165) is 5.92 Å². The fourth-order valence-corrected chi connectivity index (χ4v) is 2.03. The fourth-order valence-electron chi connectivity index (χ4n) is 2.03. The molecule has 0 bridgehead atoms. The van der Waals surface area contributed by atoms with Gasteiger partial charge in [0.05, 0.1) is 0 Å². The van der Waals surface area contributed by atoms with Crippen molar-refractivity contribution < 1.29 is 0 Å². The van der Waals surface area contributed by atoms with Gasteiger partial charge < -0.3 is 9.80 Å². The highest BCUT2D eigenvalue weighted by molar-refractivity contribution is 4.71. The summed E-state index contributed by atoms with van der Waals surface area (Å²) in [6, 6.07) is 0. The summed E-state index contributed by atoms with van der Waals surface area (Å²) in [4.78, 5) is 5.17. The molecule has 0 aromatic rings. The van der Waals surface area contributed by atoms with Crippen LogP contribution in [0.15, 0.2) is 0 Å². The quantitative estimate of drug-likeness (QED) is 0.710. The van der Waals surface area contributed by atoms with E-state index in [2.05, 4.69) is 30.6 Å². The summed E-state index contributed by atoms with van der Waals surface area (Å²) in [5.41, 5.74) is 0. The molecular weight excluding hydrogens is 184 g/mol. The van der Waals surface area contributed by atoms with Gasteiger partial charge in [-0.25, -0.2) is 0 Å². The Bertz CT molecular complexity index is 126. The molecule has 0 radical (unpaired) electrons. The lowest BCUT2D eigenvalue weighted by Gasteiger charge is -2.35. The summed E-state index contributed by atoms with van der Waals surface area (Å²) in [7, 11) is 0. The van der Waals surface area contributed by atoms with Crippen molar-refractivity contribution in [2.24, 2.45) is 5.92 Å². The van der Waals surface area contributed by atoms with E-state index >= 15 is 0 Å². The number of hydrogen-bond acceptors (Lipinski definition) is 2. The first-order valence-electron chi connectivity index (χ1n) is 6.67. The Hall–Kier alpha value is -0.0800. The first-order valence-corrected chi connectivity index (χ1v) is 6.67. The van der Waals surface area contributed by atoms with Crippen molar-refractivity contribution in [2.45, 2.75) is 41.0 Å². The minimum Gasteiger partial charge on any atom is -0.301 e. The van der Waals surface area contributed by atoms with Crippen LogP contribution in [0.25, 0.3) is 0 Å². The normalized spacial score (nSPS) is 18.8. The topological polar surface area (TPSA) is 6.48 Å². The van der Waals surface area contributed by atoms with Gasteiger partial charge in [0.15, 0.2) is 0 Å². The van der Waals surface area contributed by atoms with Crippen LogP contribution in [0.3, 0.4) is 0 Å². The van der Waals surface area contributed by atoms with Gasteiger partial charge in [-0.2, -0.15) is 0 Å². The first-order chi connectivity index (χ1) is 7.22. The molecule has 0 aromatic heterocycles. The molecule has 1 rings (SSSR count). The monoisotopic (exact) mass is 214 g/mol. The molecule has 2 heteroatoms. The first kappa shape index (κ1) is 14.9. The third-order valence-corrected chi connectivity index (χ3v) is 2.63. The van der Waals surface area contributed by atoms with Crippen molar-refractivity contribution in [1.82, 2.24) is 9.80 Å². The third kappa shape index (κ3) is 6.91. The predicted octanol–water partition coefficient (Wildman–Crippen LogP) is 2.70. The van der Waals surface area contributed by atoms with Crippen LogP contribution in [-0.2, 0) is 0 Å². The number of nitrogens with zero attached hydrogens (tertiary/aromatic N) is 2. The van der Waals surface area contributed by atoms with Crippen LogP contribution in [0.4, 0.5) is 0 Å². The van der Waals surface area contributed by atoms with E-state index in [0.29, 0.717) is 0 Å². The summed E-state index contributed by atoms with van der Waals surface area (Å²) < 4.78 is 0. The second kappa shape index (κ2) is 9.17. The highest BCUT2D eigenvalue weighted by Gasteiger charge is 2.15. The van der Waals surface area contributed by atoms with Crippen LogP contribution in [-0.4, -0.2) is 49.1 Å². The van der Waals surface area contributed by atoms with E-state index in [9.17, 15) is 0 Å². The minimum absolute atomic E-state index is 0.817. The summed E-state index contributed by atoms with van der Waals surface area (Å²) in [6.45, 7) is 18.5. The Morgan fingerprint density at radius 3 is 1.80 bits per heavy atom. The zero-order valence-electron chi connectivity index (χ0n) is 11.4. The molecule has 1 heterocycles. The average molecular weight is 214 g/mol. The van der Waals surface area contributed by atoms with E-state index in [1.54, 1.807) is 0 Å². The zero-order valence-corrected chi connectivity index (χ0v) is 11.4. The number of rotatable bonds is 4. The van der Waals surface area contributed by atoms with Crippen molar-refractivity contribution in [3.05, 3.63) is 0 Å². The molecule has 0 aliphatic carbocycles. The molecule has 1 aliphatic rings. The number of piperazine rings is 1. The van der Waals surface area contributed by atoms with Gasteiger partial charge in [0.25, 0.3) is 0 Å². The van der Waals surface area contributed by atoms with E-state index < -0.39 is 0 Å². The molecule has 0 amide bonds. The van der Waals surface area contributed by atoms with Gasteiger partial charge in [-0.05, 0) is 18.9 Å². The van der Waals surface area contributed by atoms with Crippen molar-refractivity contribution in [3.8, 4) is 0 Å². The van der Waals surface area contributed by atoms with E-state index in [4.69, 9.17) is 0 Å². The standard InChI is InChI=1S/C11H24N2.C2H6/c1-4-5-12-6-8-13(9-7-12)10-11(2)3;1-2/h11H,4-10H2,1-3H3;1-2H3. The summed E-state index contributed by atoms with van der Waals surface area (Å²) in [6.07, 6.45) is 1.30. The molecule has 1 aliphatic heterocycles. The smallest absolute Gasteiger partial charge is 0.0110 e. The molecule has 0 unspecified atom stereocenters. The summed E-state index contributed by atoms with van der Waals surface area (Å²) in [5.74, 6) is 0.817. The van der Waals surface area contributed by atoms with Gasteiger partial charge in [0, 0.05) is 32.7 Å². The molecule has 0 aromatic carbocycles. The van der Waals surface area contributed by atoms with E-state index in [1.165, 1.54) is 45.7 Å². The van der Waals surface area contributed by atoms with Crippen LogP contribution in [0.2, 0.25) is 0 Å². The Morgan fingerprint density at radius 1 is 0.933 bits per heavy atom. The summed E-state index contributed by atoms with van der Waals surface area (Å²) in [5, 5.41) is 0. The SMILES string of the molecule is CC.CCCN1CCN(CC(C)C)CC1. The molecule has 1 saturated heterocycles. The lowest BCUT2D eigenvalue weighted by Crippen LogP contribution is -2.47. The second-order valence-electron chi connectivity index (χ2n) is 4.54. The van der Waals surface area contributed by atoms with Crippen LogP contribution < -0.4 is 0 Å². The Balaban J connectivity index is 0.000000921. The highest BCUT2D eigenvalue weighted by Crippen LogP contribution is 2.05. The van der Waals surface area contributed by atoms with Gasteiger partial charge in [-0.1, -0.05) is 34.6 Å². The zero-order chi connectivity index (χ0) is 11.7. The lowest BCUT2D eigenvalue weighted by atomic mass is 10.2. The predicted molar refractivity (Wildman–Crippen MR) is 69.4 cm³/mol. The van der Waals surface area contributed by atoms with Gasteiger partial charge >= 0.3 is 0 Å². The van der Waals surface area contributed by atoms with Crippen molar-refractivity contribution >= 4 is 0 Å². The second-order valence-corrected chi connectivity index (χ2v) is 4.54. The van der Waals surface area contributed by atoms with Gasteiger partial charge in [-0.15, -0.1) is 0 Å². The maximum Gasteiger partial charge on any atom is 0.0110 e. The third-order valence-electron chi connectivity index (χ3n) is 2.63. The van der Waals surface area contributed by atoms with Crippen LogP contribution in [0, 0.1) is 5.92 Å². The molecule has 15 heavy (non-hydrogen) atoms. The lowest BCUT2D eigenvalue weighted by molar-refractivity contribution is 0.122. The molecular formula is C13H30N2. The molecule has 0 saturated carbocycles. The van der Waals surface area contributed by atoms with Crippen LogP contribution in [0.1, 0.15) is 41.0 Å². The molecule has 0 atom stereocenters. The molecule has 0 N–H and O–H groups in total. The molecule has 0 spiro atoms. The Kier molecular flexibility index (Phi) is 9.12. The van der Waals surface area contributed by atoms with Crippen molar-refractivity contribution in [3.63, 3.8) is 0 Å². The van der Waals surface area contributed by atoms with E-state index in [1.807, 2.05) is 13.8 Å². The molecule has 92 valence electrons. The Morgan fingerprint density at radius 2 is 1.40 bits per heavy atom. The van der Waals surface area contributed by atoms with Crippen LogP contribution >= 0.6 is 0 Å².